The molecule has 10 heteroatoms. The molecule has 2 amide bonds. The largest absolute Gasteiger partial charge is 0.444 e. The highest BCUT2D eigenvalue weighted by atomic mass is 19.1. The molecule has 2 aliphatic rings. The molecule has 0 radical (unpaired) electrons. The summed E-state index contributed by atoms with van der Waals surface area (Å²) in [4.78, 5) is 26.0. The van der Waals surface area contributed by atoms with Gasteiger partial charge in [0.15, 0.2) is 0 Å². The number of ether oxygens (including phenoxy) is 2. The Morgan fingerprint density at radius 2 is 1.45 bits per heavy atom. The first-order chi connectivity index (χ1) is 18.5. The van der Waals surface area contributed by atoms with Crippen LogP contribution < -0.4 is 16.0 Å². The summed E-state index contributed by atoms with van der Waals surface area (Å²) >= 11 is 0. The molecule has 5 atom stereocenters. The molecular weight excluding hydrogens is 518 g/mol. The molecule has 2 aliphatic heterocycles. The van der Waals surface area contributed by atoms with Crippen molar-refractivity contribution in [2.45, 2.75) is 90.6 Å². The van der Waals surface area contributed by atoms with Gasteiger partial charge in [0.2, 0.25) is 0 Å². The minimum absolute atomic E-state index is 0.00109. The third-order valence-corrected chi connectivity index (χ3v) is 7.58. The number of hydrogen-bond donors (Lipinski definition) is 3. The highest BCUT2D eigenvalue weighted by molar-refractivity contribution is 5.69. The molecule has 3 rings (SSSR count). The Labute approximate surface area is 238 Å². The standard InChI is InChI=1S/C19H29FN2O2.C11H21FN2O2/c1-14-11-22(15(2)16-9-7-6-8-10-16)13-19(14,12-20)21-17(23)24-18(3,4)5;1-8-5-13-7-11(8,6-12)14-9(15)16-10(2,3)4/h6-10,14-15H,11-13H2,1-5H3,(H,21,23);8,13H,5-7H2,1-4H3,(H,14,15)/t14?,15-,19-;8?,11-/m11/s1. The van der Waals surface area contributed by atoms with E-state index in [4.69, 9.17) is 9.47 Å². The van der Waals surface area contributed by atoms with Crippen molar-refractivity contribution in [2.75, 3.05) is 39.5 Å². The van der Waals surface area contributed by atoms with Gasteiger partial charge in [-0.15, -0.1) is 0 Å². The fourth-order valence-electron chi connectivity index (χ4n) is 4.99. The molecule has 2 saturated heterocycles. The number of likely N-dealkylation sites (tertiary alicyclic amines) is 1. The van der Waals surface area contributed by atoms with Gasteiger partial charge in [-0.05, 0) is 65.9 Å². The molecule has 0 bridgehead atoms. The second-order valence-corrected chi connectivity index (χ2v) is 13.3. The molecule has 2 fully saturated rings. The van der Waals surface area contributed by atoms with E-state index in [2.05, 4.69) is 39.9 Å². The van der Waals surface area contributed by atoms with Crippen LogP contribution in [-0.2, 0) is 9.47 Å². The van der Waals surface area contributed by atoms with E-state index < -0.39 is 47.8 Å². The first-order valence-corrected chi connectivity index (χ1v) is 14.1. The fourth-order valence-corrected chi connectivity index (χ4v) is 4.99. The van der Waals surface area contributed by atoms with E-state index in [1.807, 2.05) is 32.0 Å². The average Bonchev–Trinajstić information content (AvgIpc) is 3.36. The molecule has 1 aromatic rings. The summed E-state index contributed by atoms with van der Waals surface area (Å²) in [5.41, 5.74) is -1.68. The van der Waals surface area contributed by atoms with Gasteiger partial charge in [0, 0.05) is 32.2 Å². The van der Waals surface area contributed by atoms with Gasteiger partial charge in [-0.25, -0.2) is 18.4 Å². The first kappa shape index (κ1) is 33.7. The zero-order valence-corrected chi connectivity index (χ0v) is 25.7. The summed E-state index contributed by atoms with van der Waals surface area (Å²) in [6.45, 7) is 17.9. The molecule has 0 spiro atoms. The second kappa shape index (κ2) is 13.5. The third-order valence-electron chi connectivity index (χ3n) is 7.58. The van der Waals surface area contributed by atoms with Gasteiger partial charge in [-0.3, -0.25) is 4.90 Å². The SMILES string of the molecule is CC1CN([C@H](C)c2ccccc2)C[C@@]1(CF)NC(=O)OC(C)(C)C.CC1CNC[C@@]1(CF)NC(=O)OC(C)(C)C. The third kappa shape index (κ3) is 9.29. The summed E-state index contributed by atoms with van der Waals surface area (Å²) in [5, 5.41) is 8.53. The Morgan fingerprint density at radius 3 is 1.88 bits per heavy atom. The number of hydrogen-bond acceptors (Lipinski definition) is 6. The van der Waals surface area contributed by atoms with Crippen molar-refractivity contribution in [3.05, 3.63) is 35.9 Å². The van der Waals surface area contributed by atoms with Crippen molar-refractivity contribution in [3.63, 3.8) is 0 Å². The maximum absolute atomic E-state index is 13.9. The summed E-state index contributed by atoms with van der Waals surface area (Å²) in [6, 6.07) is 10.3. The second-order valence-electron chi connectivity index (χ2n) is 13.3. The predicted molar refractivity (Wildman–Crippen MR) is 154 cm³/mol. The number of carbonyl (C=O) groups excluding carboxylic acids is 2. The number of rotatable bonds is 6. The van der Waals surface area contributed by atoms with Crippen LogP contribution in [0.5, 0.6) is 0 Å². The van der Waals surface area contributed by atoms with Gasteiger partial charge < -0.3 is 25.4 Å². The highest BCUT2D eigenvalue weighted by Crippen LogP contribution is 2.34. The van der Waals surface area contributed by atoms with Gasteiger partial charge >= 0.3 is 12.2 Å². The van der Waals surface area contributed by atoms with Crippen molar-refractivity contribution >= 4 is 12.2 Å². The molecule has 2 unspecified atom stereocenters. The highest BCUT2D eigenvalue weighted by Gasteiger charge is 2.47. The molecule has 3 N–H and O–H groups in total. The van der Waals surface area contributed by atoms with E-state index in [-0.39, 0.29) is 17.9 Å². The van der Waals surface area contributed by atoms with E-state index in [9.17, 15) is 18.4 Å². The van der Waals surface area contributed by atoms with Crippen molar-refractivity contribution in [1.29, 1.82) is 0 Å². The van der Waals surface area contributed by atoms with Crippen LogP contribution >= 0.6 is 0 Å². The van der Waals surface area contributed by atoms with Gasteiger partial charge in [-0.2, -0.15) is 0 Å². The lowest BCUT2D eigenvalue weighted by Crippen LogP contribution is -2.56. The van der Waals surface area contributed by atoms with Crippen molar-refractivity contribution < 1.29 is 27.8 Å². The summed E-state index contributed by atoms with van der Waals surface area (Å²) in [7, 11) is 0. The molecule has 40 heavy (non-hydrogen) atoms. The Bertz CT molecular complexity index is 969. The average molecular weight is 569 g/mol. The molecule has 2 heterocycles. The van der Waals surface area contributed by atoms with Gasteiger partial charge in [0.1, 0.15) is 24.6 Å². The van der Waals surface area contributed by atoms with E-state index >= 15 is 0 Å². The summed E-state index contributed by atoms with van der Waals surface area (Å²) < 4.78 is 37.5. The number of alkyl halides is 2. The Morgan fingerprint density at radius 1 is 0.950 bits per heavy atom. The quantitative estimate of drug-likeness (QED) is 0.426. The predicted octanol–water partition coefficient (Wildman–Crippen LogP) is 5.39. The number of nitrogens with one attached hydrogen (secondary N) is 3. The van der Waals surface area contributed by atoms with E-state index in [0.29, 0.717) is 19.6 Å². The first-order valence-electron chi connectivity index (χ1n) is 14.1. The van der Waals surface area contributed by atoms with Crippen LogP contribution in [0.15, 0.2) is 30.3 Å². The van der Waals surface area contributed by atoms with E-state index in [0.717, 1.165) is 6.54 Å². The molecule has 0 aromatic heterocycles. The van der Waals surface area contributed by atoms with Gasteiger partial charge in [0.05, 0.1) is 11.1 Å². The molecule has 228 valence electrons. The van der Waals surface area contributed by atoms with Gasteiger partial charge in [0.25, 0.3) is 0 Å². The Hall–Kier alpha value is -2.46. The normalized spacial score (nSPS) is 27.8. The fraction of sp³-hybridized carbons (Fsp3) is 0.733. The number of benzene rings is 1. The van der Waals surface area contributed by atoms with Crippen LogP contribution in [0.3, 0.4) is 0 Å². The van der Waals surface area contributed by atoms with E-state index in [1.165, 1.54) is 5.56 Å². The maximum Gasteiger partial charge on any atom is 0.408 e. The lowest BCUT2D eigenvalue weighted by molar-refractivity contribution is 0.0402. The zero-order chi connectivity index (χ0) is 30.4. The smallest absolute Gasteiger partial charge is 0.408 e. The van der Waals surface area contributed by atoms with Crippen molar-refractivity contribution in [3.8, 4) is 0 Å². The van der Waals surface area contributed by atoms with Crippen molar-refractivity contribution in [2.24, 2.45) is 11.8 Å². The number of alkyl carbamates (subject to hydrolysis) is 2. The van der Waals surface area contributed by atoms with Gasteiger partial charge in [-0.1, -0.05) is 44.2 Å². The molecule has 0 aliphatic carbocycles. The summed E-state index contributed by atoms with van der Waals surface area (Å²) in [6.07, 6.45) is -1.11. The van der Waals surface area contributed by atoms with Crippen LogP contribution in [0.1, 0.15) is 73.9 Å². The minimum atomic E-state index is -0.897. The van der Waals surface area contributed by atoms with Crippen LogP contribution in [0.4, 0.5) is 18.4 Å². The van der Waals surface area contributed by atoms with Crippen LogP contribution in [-0.4, -0.2) is 78.9 Å². The maximum atomic E-state index is 13.9. The zero-order valence-electron chi connectivity index (χ0n) is 25.7. The van der Waals surface area contributed by atoms with Crippen LogP contribution in [0, 0.1) is 11.8 Å². The monoisotopic (exact) mass is 568 g/mol. The molecular formula is C30H50F2N4O4. The lowest BCUT2D eigenvalue weighted by atomic mass is 9.90. The van der Waals surface area contributed by atoms with Crippen LogP contribution in [0.25, 0.3) is 0 Å². The summed E-state index contributed by atoms with van der Waals surface area (Å²) in [5.74, 6) is 0.0613. The number of nitrogens with zero attached hydrogens (tertiary/aromatic N) is 1. The molecule has 1 aromatic carbocycles. The Balaban J connectivity index is 0.000000305. The lowest BCUT2D eigenvalue weighted by Gasteiger charge is -2.33. The number of carbonyl (C=O) groups is 2. The molecule has 8 nitrogen and oxygen atoms in total. The number of halogens is 2. The van der Waals surface area contributed by atoms with Crippen molar-refractivity contribution in [1.82, 2.24) is 20.9 Å². The molecule has 0 saturated carbocycles. The number of amides is 2. The Kier molecular flexibility index (Phi) is 11.4. The topological polar surface area (TPSA) is 91.9 Å². The van der Waals surface area contributed by atoms with Crippen LogP contribution in [0.2, 0.25) is 0 Å². The van der Waals surface area contributed by atoms with E-state index in [1.54, 1.807) is 41.5 Å². The minimum Gasteiger partial charge on any atom is -0.444 e.